The molecule has 0 aliphatic carbocycles. The minimum Gasteiger partial charge on any atom is -0.316 e. The topological polar surface area (TPSA) is 12.0 Å². The second kappa shape index (κ2) is 9.71. The Balaban J connectivity index is 2.57. The molecule has 0 saturated carbocycles. The van der Waals surface area contributed by atoms with Gasteiger partial charge in [0, 0.05) is 11.6 Å². The smallest absolute Gasteiger partial charge is 0.0441 e. The SMILES string of the molecule is CCNCC(CCCSCC)c1ccccc1Cl. The van der Waals surface area contributed by atoms with Crippen LogP contribution in [0, 0.1) is 0 Å². The van der Waals surface area contributed by atoms with Gasteiger partial charge in [0.05, 0.1) is 0 Å². The number of benzene rings is 1. The molecule has 3 heteroatoms. The largest absolute Gasteiger partial charge is 0.316 e. The van der Waals surface area contributed by atoms with E-state index in [2.05, 4.69) is 31.3 Å². The van der Waals surface area contributed by atoms with Gasteiger partial charge in [-0.2, -0.15) is 11.8 Å². The summed E-state index contributed by atoms with van der Waals surface area (Å²) in [7, 11) is 0. The maximum atomic E-state index is 6.31. The van der Waals surface area contributed by atoms with E-state index in [1.54, 1.807) is 0 Å². The number of hydrogen-bond donors (Lipinski definition) is 1. The molecule has 0 saturated heterocycles. The van der Waals surface area contributed by atoms with Gasteiger partial charge in [-0.3, -0.25) is 0 Å². The maximum absolute atomic E-state index is 6.31. The van der Waals surface area contributed by atoms with Crippen molar-refractivity contribution in [2.24, 2.45) is 0 Å². The summed E-state index contributed by atoms with van der Waals surface area (Å²) in [5.74, 6) is 3.00. The van der Waals surface area contributed by atoms with Crippen LogP contribution in [0.15, 0.2) is 24.3 Å². The average molecular weight is 286 g/mol. The lowest BCUT2D eigenvalue weighted by molar-refractivity contribution is 0.557. The van der Waals surface area contributed by atoms with Crippen molar-refractivity contribution in [3.8, 4) is 0 Å². The van der Waals surface area contributed by atoms with Crippen LogP contribution < -0.4 is 5.32 Å². The van der Waals surface area contributed by atoms with Gasteiger partial charge in [0.2, 0.25) is 0 Å². The molecule has 1 rings (SSSR count). The highest BCUT2D eigenvalue weighted by molar-refractivity contribution is 7.99. The van der Waals surface area contributed by atoms with Gasteiger partial charge in [-0.1, -0.05) is 43.6 Å². The second-order valence-electron chi connectivity index (χ2n) is 4.37. The molecular weight excluding hydrogens is 262 g/mol. The molecule has 1 unspecified atom stereocenters. The maximum Gasteiger partial charge on any atom is 0.0441 e. The molecule has 1 aromatic rings. The second-order valence-corrected chi connectivity index (χ2v) is 6.17. The molecule has 1 nitrogen and oxygen atoms in total. The predicted octanol–water partition coefficient (Wildman–Crippen LogP) is 4.57. The van der Waals surface area contributed by atoms with Crippen molar-refractivity contribution in [2.75, 3.05) is 24.6 Å². The van der Waals surface area contributed by atoms with E-state index in [1.807, 2.05) is 23.9 Å². The van der Waals surface area contributed by atoms with Crippen LogP contribution in [0.5, 0.6) is 0 Å². The summed E-state index contributed by atoms with van der Waals surface area (Å²) in [6, 6.07) is 8.25. The zero-order valence-electron chi connectivity index (χ0n) is 11.4. The predicted molar refractivity (Wildman–Crippen MR) is 85.0 cm³/mol. The molecule has 0 aliphatic heterocycles. The van der Waals surface area contributed by atoms with Gasteiger partial charge < -0.3 is 5.32 Å². The number of thioether (sulfide) groups is 1. The molecule has 102 valence electrons. The van der Waals surface area contributed by atoms with Crippen LogP contribution in [0.1, 0.15) is 38.2 Å². The Morgan fingerprint density at radius 1 is 1.28 bits per heavy atom. The lowest BCUT2D eigenvalue weighted by Gasteiger charge is -2.19. The summed E-state index contributed by atoms with van der Waals surface area (Å²) in [4.78, 5) is 0. The Bertz CT molecular complexity index is 330. The molecular formula is C15H24ClNS. The van der Waals surface area contributed by atoms with Crippen molar-refractivity contribution in [2.45, 2.75) is 32.6 Å². The van der Waals surface area contributed by atoms with Crippen molar-refractivity contribution in [3.05, 3.63) is 34.9 Å². The van der Waals surface area contributed by atoms with Crippen LogP contribution in [0.4, 0.5) is 0 Å². The van der Waals surface area contributed by atoms with Gasteiger partial charge >= 0.3 is 0 Å². The first kappa shape index (κ1) is 15.9. The summed E-state index contributed by atoms with van der Waals surface area (Å²) in [6.07, 6.45) is 2.48. The summed E-state index contributed by atoms with van der Waals surface area (Å²) in [5.41, 5.74) is 1.29. The van der Waals surface area contributed by atoms with E-state index in [9.17, 15) is 0 Å². The number of halogens is 1. The van der Waals surface area contributed by atoms with E-state index < -0.39 is 0 Å². The number of likely N-dealkylation sites (N-methyl/N-ethyl adjacent to an activating group) is 1. The normalized spacial score (nSPS) is 12.6. The van der Waals surface area contributed by atoms with Gasteiger partial charge in [-0.15, -0.1) is 0 Å². The molecule has 1 atom stereocenters. The summed E-state index contributed by atoms with van der Waals surface area (Å²) >= 11 is 8.32. The van der Waals surface area contributed by atoms with Gasteiger partial charge in [0.15, 0.2) is 0 Å². The van der Waals surface area contributed by atoms with E-state index in [-0.39, 0.29) is 0 Å². The van der Waals surface area contributed by atoms with E-state index in [0.29, 0.717) is 5.92 Å². The number of rotatable bonds is 9. The zero-order valence-corrected chi connectivity index (χ0v) is 13.0. The molecule has 1 aromatic carbocycles. The third-order valence-electron chi connectivity index (χ3n) is 3.03. The zero-order chi connectivity index (χ0) is 13.2. The van der Waals surface area contributed by atoms with Gasteiger partial charge in [-0.25, -0.2) is 0 Å². The van der Waals surface area contributed by atoms with Crippen molar-refractivity contribution in [1.82, 2.24) is 5.32 Å². The van der Waals surface area contributed by atoms with Crippen molar-refractivity contribution in [3.63, 3.8) is 0 Å². The first-order valence-electron chi connectivity index (χ1n) is 6.82. The molecule has 18 heavy (non-hydrogen) atoms. The lowest BCUT2D eigenvalue weighted by atomic mass is 9.94. The number of hydrogen-bond acceptors (Lipinski definition) is 2. The molecule has 0 fully saturated rings. The van der Waals surface area contributed by atoms with Gasteiger partial charge in [-0.05, 0) is 48.4 Å². The van der Waals surface area contributed by atoms with Crippen LogP contribution in [0.25, 0.3) is 0 Å². The van der Waals surface area contributed by atoms with Crippen molar-refractivity contribution >= 4 is 23.4 Å². The van der Waals surface area contributed by atoms with E-state index in [0.717, 1.165) is 18.1 Å². The number of nitrogens with one attached hydrogen (secondary N) is 1. The van der Waals surface area contributed by atoms with Crippen LogP contribution in [0.2, 0.25) is 5.02 Å². The fourth-order valence-electron chi connectivity index (χ4n) is 2.07. The molecule has 1 N–H and O–H groups in total. The van der Waals surface area contributed by atoms with Crippen molar-refractivity contribution < 1.29 is 0 Å². The molecule has 0 bridgehead atoms. The Hall–Kier alpha value is -0.180. The average Bonchev–Trinajstić information content (AvgIpc) is 2.39. The third kappa shape index (κ3) is 5.64. The molecule has 0 radical (unpaired) electrons. The van der Waals surface area contributed by atoms with Crippen LogP contribution in [-0.4, -0.2) is 24.6 Å². The first-order valence-corrected chi connectivity index (χ1v) is 8.35. The Morgan fingerprint density at radius 2 is 2.06 bits per heavy atom. The van der Waals surface area contributed by atoms with Crippen LogP contribution in [-0.2, 0) is 0 Å². The molecule has 0 amide bonds. The molecule has 0 aromatic heterocycles. The Labute approximate surface area is 121 Å². The van der Waals surface area contributed by atoms with Gasteiger partial charge in [0.1, 0.15) is 0 Å². The van der Waals surface area contributed by atoms with Crippen molar-refractivity contribution in [1.29, 1.82) is 0 Å². The lowest BCUT2D eigenvalue weighted by Crippen LogP contribution is -2.21. The molecule has 0 aliphatic rings. The summed E-state index contributed by atoms with van der Waals surface area (Å²) in [5, 5.41) is 4.36. The highest BCUT2D eigenvalue weighted by Gasteiger charge is 2.13. The standard InChI is InChI=1S/C15H24ClNS/c1-3-17-12-13(8-7-11-18-4-2)14-9-5-6-10-15(14)16/h5-6,9-10,13,17H,3-4,7-8,11-12H2,1-2H3. The summed E-state index contributed by atoms with van der Waals surface area (Å²) < 4.78 is 0. The Kier molecular flexibility index (Phi) is 8.57. The molecule has 0 heterocycles. The van der Waals surface area contributed by atoms with Gasteiger partial charge in [0.25, 0.3) is 0 Å². The minimum absolute atomic E-state index is 0.538. The molecule has 0 spiro atoms. The van der Waals surface area contributed by atoms with Crippen LogP contribution >= 0.6 is 23.4 Å². The monoisotopic (exact) mass is 285 g/mol. The van der Waals surface area contributed by atoms with Crippen LogP contribution in [0.3, 0.4) is 0 Å². The van der Waals surface area contributed by atoms with E-state index in [4.69, 9.17) is 11.6 Å². The summed E-state index contributed by atoms with van der Waals surface area (Å²) in [6.45, 7) is 6.41. The first-order chi connectivity index (χ1) is 8.79. The van der Waals surface area contributed by atoms with E-state index >= 15 is 0 Å². The third-order valence-corrected chi connectivity index (χ3v) is 4.36. The fraction of sp³-hybridized carbons (Fsp3) is 0.600. The fourth-order valence-corrected chi connectivity index (χ4v) is 3.02. The highest BCUT2D eigenvalue weighted by atomic mass is 35.5. The Morgan fingerprint density at radius 3 is 2.72 bits per heavy atom. The highest BCUT2D eigenvalue weighted by Crippen LogP contribution is 2.28. The van der Waals surface area contributed by atoms with E-state index in [1.165, 1.54) is 29.9 Å². The quantitative estimate of drug-likeness (QED) is 0.667. The minimum atomic E-state index is 0.538.